The van der Waals surface area contributed by atoms with E-state index >= 15 is 0 Å². The van der Waals surface area contributed by atoms with Crippen molar-refractivity contribution in [1.29, 1.82) is 0 Å². The number of esters is 1. The van der Waals surface area contributed by atoms with Crippen molar-refractivity contribution >= 4 is 12.1 Å². The number of nitrogens with one attached hydrogen (secondary N) is 1. The van der Waals surface area contributed by atoms with Gasteiger partial charge in [0.05, 0.1) is 13.7 Å². The van der Waals surface area contributed by atoms with Gasteiger partial charge in [-0.3, -0.25) is 5.32 Å². The summed E-state index contributed by atoms with van der Waals surface area (Å²) < 4.78 is 10.2. The number of hydrogen-bond acceptors (Lipinski definition) is 5. The van der Waals surface area contributed by atoms with Gasteiger partial charge in [0.2, 0.25) is 0 Å². The first kappa shape index (κ1) is 15.8. The molecule has 19 heavy (non-hydrogen) atoms. The van der Waals surface area contributed by atoms with Gasteiger partial charge in [-0.2, -0.15) is 0 Å². The van der Waals surface area contributed by atoms with Crippen molar-refractivity contribution in [2.45, 2.75) is 45.3 Å². The maximum Gasteiger partial charge on any atom is 0.410 e. The quantitative estimate of drug-likeness (QED) is 0.764. The van der Waals surface area contributed by atoms with Gasteiger partial charge in [0.1, 0.15) is 11.1 Å². The Morgan fingerprint density at radius 3 is 2.47 bits per heavy atom. The average molecular weight is 272 g/mol. The maximum atomic E-state index is 12.1. The summed E-state index contributed by atoms with van der Waals surface area (Å²) >= 11 is 0. The SMILES string of the molecule is CCC1(C(=O)OC)CN(C(=O)OC(C)(C)C)CCN1. The molecule has 0 aliphatic carbocycles. The lowest BCUT2D eigenvalue weighted by molar-refractivity contribution is -0.150. The lowest BCUT2D eigenvalue weighted by Gasteiger charge is -2.41. The lowest BCUT2D eigenvalue weighted by atomic mass is 9.93. The first-order chi connectivity index (χ1) is 8.74. The Morgan fingerprint density at radius 2 is 2.00 bits per heavy atom. The van der Waals surface area contributed by atoms with Crippen LogP contribution in [0, 0.1) is 0 Å². The largest absolute Gasteiger partial charge is 0.468 e. The Labute approximate surface area is 114 Å². The van der Waals surface area contributed by atoms with Crippen LogP contribution >= 0.6 is 0 Å². The summed E-state index contributed by atoms with van der Waals surface area (Å²) in [6.07, 6.45) is 0.162. The Morgan fingerprint density at radius 1 is 1.37 bits per heavy atom. The third kappa shape index (κ3) is 3.83. The van der Waals surface area contributed by atoms with Crippen molar-refractivity contribution < 1.29 is 19.1 Å². The highest BCUT2D eigenvalue weighted by molar-refractivity contribution is 5.82. The standard InChI is InChI=1S/C13H24N2O4/c1-6-13(10(16)18-5)9-15(8-7-14-13)11(17)19-12(2,3)4/h14H,6-9H2,1-5H3. The number of nitrogens with zero attached hydrogens (tertiary/aromatic N) is 1. The molecule has 1 heterocycles. The lowest BCUT2D eigenvalue weighted by Crippen LogP contribution is -2.65. The van der Waals surface area contributed by atoms with Gasteiger partial charge < -0.3 is 14.4 Å². The van der Waals surface area contributed by atoms with Crippen LogP contribution in [0.15, 0.2) is 0 Å². The minimum Gasteiger partial charge on any atom is -0.468 e. The summed E-state index contributed by atoms with van der Waals surface area (Å²) in [6, 6.07) is 0. The van der Waals surface area contributed by atoms with Gasteiger partial charge in [0.25, 0.3) is 0 Å². The van der Waals surface area contributed by atoms with Crippen LogP contribution in [0.1, 0.15) is 34.1 Å². The minimum absolute atomic E-state index is 0.269. The molecule has 1 unspecified atom stereocenters. The molecular weight excluding hydrogens is 248 g/mol. The molecule has 0 spiro atoms. The van der Waals surface area contributed by atoms with Gasteiger partial charge in [-0.05, 0) is 27.2 Å². The van der Waals surface area contributed by atoms with E-state index in [0.717, 1.165) is 0 Å². The van der Waals surface area contributed by atoms with Gasteiger partial charge in [0.15, 0.2) is 0 Å². The van der Waals surface area contributed by atoms with Crippen LogP contribution < -0.4 is 5.32 Å². The highest BCUT2D eigenvalue weighted by Crippen LogP contribution is 2.20. The summed E-state index contributed by atoms with van der Waals surface area (Å²) in [4.78, 5) is 25.5. The van der Waals surface area contributed by atoms with Crippen molar-refractivity contribution in [3.05, 3.63) is 0 Å². The second kappa shape index (κ2) is 5.77. The minimum atomic E-state index is -0.829. The summed E-state index contributed by atoms with van der Waals surface area (Å²) in [5, 5.41) is 3.16. The van der Waals surface area contributed by atoms with E-state index in [9.17, 15) is 9.59 Å². The number of carbonyl (C=O) groups is 2. The topological polar surface area (TPSA) is 67.9 Å². The highest BCUT2D eigenvalue weighted by Gasteiger charge is 2.43. The Bertz CT molecular complexity index is 351. The first-order valence-corrected chi connectivity index (χ1v) is 6.55. The number of methoxy groups -OCH3 is 1. The Kier molecular flexibility index (Phi) is 4.79. The van der Waals surface area contributed by atoms with Gasteiger partial charge in [-0.1, -0.05) is 6.92 Å². The molecule has 1 saturated heterocycles. The van der Waals surface area contributed by atoms with E-state index in [-0.39, 0.29) is 12.5 Å². The molecule has 1 aliphatic heterocycles. The van der Waals surface area contributed by atoms with E-state index in [1.54, 1.807) is 4.90 Å². The predicted octanol–water partition coefficient (Wildman–Crippen LogP) is 1.15. The number of carbonyl (C=O) groups excluding carboxylic acids is 2. The molecule has 6 heteroatoms. The number of piperazine rings is 1. The van der Waals surface area contributed by atoms with Gasteiger partial charge in [-0.25, -0.2) is 9.59 Å². The van der Waals surface area contributed by atoms with Gasteiger partial charge in [-0.15, -0.1) is 0 Å². The maximum absolute atomic E-state index is 12.1. The molecule has 1 aliphatic rings. The highest BCUT2D eigenvalue weighted by atomic mass is 16.6. The van der Waals surface area contributed by atoms with E-state index < -0.39 is 17.2 Å². The molecule has 0 saturated carbocycles. The monoisotopic (exact) mass is 272 g/mol. The zero-order chi connectivity index (χ0) is 14.7. The third-order valence-electron chi connectivity index (χ3n) is 3.14. The van der Waals surface area contributed by atoms with E-state index in [2.05, 4.69) is 5.32 Å². The van der Waals surface area contributed by atoms with E-state index in [0.29, 0.717) is 19.5 Å². The Hall–Kier alpha value is -1.30. The van der Waals surface area contributed by atoms with Crippen LogP contribution in [0.5, 0.6) is 0 Å². The van der Waals surface area contributed by atoms with Crippen molar-refractivity contribution in [2.24, 2.45) is 0 Å². The summed E-state index contributed by atoms with van der Waals surface area (Å²) in [5.74, 6) is -0.344. The Balaban J connectivity index is 2.78. The fourth-order valence-corrected chi connectivity index (χ4v) is 2.09. The van der Waals surface area contributed by atoms with Crippen LogP contribution in [-0.2, 0) is 14.3 Å². The zero-order valence-electron chi connectivity index (χ0n) is 12.4. The normalized spacial score (nSPS) is 23.9. The molecular formula is C13H24N2O4. The molecule has 1 N–H and O–H groups in total. The smallest absolute Gasteiger partial charge is 0.410 e. The molecule has 1 amide bonds. The van der Waals surface area contributed by atoms with Crippen LogP contribution in [0.3, 0.4) is 0 Å². The fraction of sp³-hybridized carbons (Fsp3) is 0.846. The molecule has 0 radical (unpaired) electrons. The molecule has 1 atom stereocenters. The molecule has 0 bridgehead atoms. The molecule has 0 aromatic rings. The van der Waals surface area contributed by atoms with Crippen LogP contribution in [0.4, 0.5) is 4.79 Å². The summed E-state index contributed by atoms with van der Waals surface area (Å²) in [7, 11) is 1.36. The molecule has 0 aromatic heterocycles. The van der Waals surface area contributed by atoms with Crippen molar-refractivity contribution in [3.63, 3.8) is 0 Å². The third-order valence-corrected chi connectivity index (χ3v) is 3.14. The van der Waals surface area contributed by atoms with Crippen LogP contribution in [0.2, 0.25) is 0 Å². The number of hydrogen-bond donors (Lipinski definition) is 1. The average Bonchev–Trinajstić information content (AvgIpc) is 2.35. The van der Waals surface area contributed by atoms with Gasteiger partial charge >= 0.3 is 12.1 Å². The van der Waals surface area contributed by atoms with Crippen LogP contribution in [-0.4, -0.2) is 54.8 Å². The van der Waals surface area contributed by atoms with Crippen molar-refractivity contribution in [1.82, 2.24) is 10.2 Å². The summed E-state index contributed by atoms with van der Waals surface area (Å²) in [5.41, 5.74) is -1.37. The predicted molar refractivity (Wildman–Crippen MR) is 70.8 cm³/mol. The van der Waals surface area contributed by atoms with Gasteiger partial charge in [0, 0.05) is 13.1 Å². The first-order valence-electron chi connectivity index (χ1n) is 6.55. The number of rotatable bonds is 2. The number of amides is 1. The van der Waals surface area contributed by atoms with E-state index in [4.69, 9.17) is 9.47 Å². The second-order valence-electron chi connectivity index (χ2n) is 5.76. The molecule has 0 aromatic carbocycles. The summed E-state index contributed by atoms with van der Waals surface area (Å²) in [6.45, 7) is 8.69. The van der Waals surface area contributed by atoms with Crippen molar-refractivity contribution in [2.75, 3.05) is 26.7 Å². The van der Waals surface area contributed by atoms with E-state index in [1.165, 1.54) is 7.11 Å². The van der Waals surface area contributed by atoms with Crippen molar-refractivity contribution in [3.8, 4) is 0 Å². The fourth-order valence-electron chi connectivity index (χ4n) is 2.09. The molecule has 6 nitrogen and oxygen atoms in total. The molecule has 110 valence electrons. The van der Waals surface area contributed by atoms with Crippen LogP contribution in [0.25, 0.3) is 0 Å². The zero-order valence-corrected chi connectivity index (χ0v) is 12.4. The second-order valence-corrected chi connectivity index (χ2v) is 5.76. The molecule has 1 fully saturated rings. The van der Waals surface area contributed by atoms with E-state index in [1.807, 2.05) is 27.7 Å². The number of ether oxygens (including phenoxy) is 2. The molecule has 1 rings (SSSR count).